The van der Waals surface area contributed by atoms with Crippen LogP contribution in [0.3, 0.4) is 0 Å². The highest BCUT2D eigenvalue weighted by Gasteiger charge is 2.54. The van der Waals surface area contributed by atoms with Gasteiger partial charge in [0.15, 0.2) is 0 Å². The van der Waals surface area contributed by atoms with E-state index in [1.807, 2.05) is 0 Å². The summed E-state index contributed by atoms with van der Waals surface area (Å²) in [6.45, 7) is 3.43. The Kier molecular flexibility index (Phi) is 19.4. The second kappa shape index (κ2) is 21.8. The van der Waals surface area contributed by atoms with Gasteiger partial charge in [-0.3, -0.25) is 22.1 Å². The summed E-state index contributed by atoms with van der Waals surface area (Å²) in [7, 11) is -22.9. The Morgan fingerprint density at radius 2 is 0.846 bits per heavy atom. The maximum absolute atomic E-state index is 12.1. The van der Waals surface area contributed by atoms with Crippen LogP contribution < -0.4 is 0 Å². The summed E-state index contributed by atoms with van der Waals surface area (Å²) in [5.74, 6) is -2.99. The van der Waals surface area contributed by atoms with E-state index in [1.165, 1.54) is 30.3 Å². The van der Waals surface area contributed by atoms with E-state index in [1.54, 1.807) is 0 Å². The number of carbonyl (C=O) groups excluding carboxylic acids is 2. The van der Waals surface area contributed by atoms with Gasteiger partial charge in [-0.25, -0.2) is 0 Å². The minimum absolute atomic E-state index is 0.0703. The number of halogens is 12. The number of benzene rings is 1. The summed E-state index contributed by atoms with van der Waals surface area (Å²) >= 11 is 0. The van der Waals surface area contributed by atoms with E-state index >= 15 is 0 Å². The molecule has 65 heavy (non-hydrogen) atoms. The van der Waals surface area contributed by atoms with E-state index in [-0.39, 0.29) is 43.2 Å². The highest BCUT2D eigenvalue weighted by molar-refractivity contribution is 7.88. The van der Waals surface area contributed by atoms with Gasteiger partial charge in [0.25, 0.3) is 11.8 Å². The second-order valence-electron chi connectivity index (χ2n) is 13.7. The Hall–Kier alpha value is -3.22. The largest absolute Gasteiger partial charge is 0.525 e. The molecule has 1 aromatic rings. The van der Waals surface area contributed by atoms with Gasteiger partial charge in [-0.15, -0.1) is 15.9 Å². The molecule has 1 aliphatic heterocycles. The van der Waals surface area contributed by atoms with Gasteiger partial charge < -0.3 is 15.3 Å². The maximum Gasteiger partial charge on any atom is 0.525 e. The smallest absolute Gasteiger partial charge is 0.390 e. The molecular formula is C31H37F12NO17S4. The average molecular weight is 1050 g/mol. The van der Waals surface area contributed by atoms with E-state index in [2.05, 4.69) is 23.4 Å². The van der Waals surface area contributed by atoms with Gasteiger partial charge in [0.1, 0.15) is 18.3 Å². The Morgan fingerprint density at radius 1 is 0.523 bits per heavy atom. The molecule has 0 aromatic heterocycles. The van der Waals surface area contributed by atoms with Crippen molar-refractivity contribution < 1.29 is 128 Å². The molecule has 1 aromatic carbocycles. The van der Waals surface area contributed by atoms with E-state index in [4.69, 9.17) is 5.11 Å². The number of fused-ring (bicyclic) bond motifs is 1. The normalized spacial score (nSPS) is 25.8. The summed E-state index contributed by atoms with van der Waals surface area (Å²) in [6.07, 6.45) is -2.53. The lowest BCUT2D eigenvalue weighted by molar-refractivity contribution is -0.0749. The predicted molar refractivity (Wildman–Crippen MR) is 190 cm³/mol. The van der Waals surface area contributed by atoms with Crippen LogP contribution in [0.15, 0.2) is 36.9 Å². The first-order valence-corrected chi connectivity index (χ1v) is 23.6. The zero-order valence-corrected chi connectivity index (χ0v) is 35.6. The molecule has 3 saturated carbocycles. The van der Waals surface area contributed by atoms with Crippen molar-refractivity contribution in [3.05, 3.63) is 48.0 Å². The van der Waals surface area contributed by atoms with Gasteiger partial charge in [0.05, 0.1) is 29.4 Å². The van der Waals surface area contributed by atoms with E-state index in [0.29, 0.717) is 32.1 Å². The standard InChI is InChI=1S/C9H4F3NO5S.C9H13F3O4S.C7H11F3O4S.C6H9F3O4S/c10-9(11,12)19(16,17)18-13-7(14)5-3-1-2-4-6(5)8(13)15;1-2-6-4-3-5-7(8(6)13)16-17(14,15)9(10,11)12;8-7(9,10)15(12,13)14-6-4-2-1-3-5(6)11;7-6(8,9)14(11,12)13-5-3-1-2-4(5)10/h1-4H;2,6-8,13H,1,3-5H2;5-6,11H,1-4H2;4-5,10H,1-3H2. The van der Waals surface area contributed by atoms with Gasteiger partial charge in [-0.05, 0) is 57.1 Å². The van der Waals surface area contributed by atoms with Crippen molar-refractivity contribution in [1.29, 1.82) is 0 Å². The van der Waals surface area contributed by atoms with Gasteiger partial charge in [0, 0.05) is 5.92 Å². The minimum Gasteiger partial charge on any atom is -0.390 e. The van der Waals surface area contributed by atoms with Crippen LogP contribution in [0.5, 0.6) is 0 Å². The molecule has 34 heteroatoms. The molecule has 2 amide bonds. The molecule has 1 heterocycles. The molecule has 18 nitrogen and oxygen atoms in total. The van der Waals surface area contributed by atoms with Crippen molar-refractivity contribution in [2.45, 2.75) is 123 Å². The van der Waals surface area contributed by atoms with Crippen LogP contribution in [0, 0.1) is 5.92 Å². The van der Waals surface area contributed by atoms with Crippen LogP contribution in [0.4, 0.5) is 52.7 Å². The Balaban J connectivity index is 0.000000300. The molecule has 3 fully saturated rings. The zero-order valence-electron chi connectivity index (χ0n) is 32.4. The highest BCUT2D eigenvalue weighted by Crippen LogP contribution is 2.35. The van der Waals surface area contributed by atoms with Crippen molar-refractivity contribution in [1.82, 2.24) is 5.06 Å². The molecule has 4 aliphatic rings. The topological polar surface area (TPSA) is 272 Å². The first-order chi connectivity index (χ1) is 29.3. The average Bonchev–Trinajstić information content (AvgIpc) is 3.66. The van der Waals surface area contributed by atoms with E-state index in [9.17, 15) is 106 Å². The maximum atomic E-state index is 12.1. The van der Waals surface area contributed by atoms with Crippen molar-refractivity contribution in [3.8, 4) is 0 Å². The third-order valence-corrected chi connectivity index (χ3v) is 13.2. The van der Waals surface area contributed by atoms with Crippen LogP contribution in [0.25, 0.3) is 0 Å². The molecule has 0 saturated heterocycles. The van der Waals surface area contributed by atoms with Gasteiger partial charge in [-0.1, -0.05) is 37.5 Å². The number of amides is 2. The number of imide groups is 1. The summed E-state index contributed by atoms with van der Waals surface area (Å²) in [6, 6.07) is 5.07. The lowest BCUT2D eigenvalue weighted by Crippen LogP contribution is -2.42. The lowest BCUT2D eigenvalue weighted by atomic mass is 9.85. The molecule has 7 atom stereocenters. The Bertz CT molecular complexity index is 2240. The van der Waals surface area contributed by atoms with Crippen molar-refractivity contribution in [2.24, 2.45) is 5.92 Å². The fourth-order valence-corrected chi connectivity index (χ4v) is 8.15. The molecule has 3 aliphatic carbocycles. The monoisotopic (exact) mass is 1050 g/mol. The molecule has 5 rings (SSSR count). The molecule has 3 N–H and O–H groups in total. The first kappa shape index (κ1) is 57.9. The Labute approximate surface area is 361 Å². The highest BCUT2D eigenvalue weighted by atomic mass is 32.2. The molecule has 7 unspecified atom stereocenters. The fraction of sp³-hybridized carbons (Fsp3) is 0.677. The van der Waals surface area contributed by atoms with Gasteiger partial charge >= 0.3 is 62.5 Å². The fourth-order valence-electron chi connectivity index (χ4n) is 5.77. The third-order valence-electron chi connectivity index (χ3n) is 9.05. The summed E-state index contributed by atoms with van der Waals surface area (Å²) < 4.78 is 244. The van der Waals surface area contributed by atoms with E-state index < -0.39 is 122 Å². The van der Waals surface area contributed by atoms with Crippen LogP contribution in [0.1, 0.15) is 84.9 Å². The SMILES string of the molecule is C=CC1CCCC(OS(=O)(=O)C(F)(F)F)C1O.O=C1c2ccccc2C(=O)N1OS(=O)(=O)C(F)(F)F.O=S(=O)(OC1CCCC1O)C(F)(F)F.O=S(=O)(OC1CCCCC1O)C(F)(F)F. The van der Waals surface area contributed by atoms with Crippen LogP contribution in [0.2, 0.25) is 0 Å². The van der Waals surface area contributed by atoms with Crippen LogP contribution in [-0.4, -0.2) is 125 Å². The predicted octanol–water partition coefficient (Wildman–Crippen LogP) is 4.55. The van der Waals surface area contributed by atoms with E-state index in [0.717, 1.165) is 0 Å². The molecular weight excluding hydrogens is 1010 g/mol. The number of hydrogen-bond donors (Lipinski definition) is 3. The third kappa shape index (κ3) is 15.4. The number of hydroxylamine groups is 2. The summed E-state index contributed by atoms with van der Waals surface area (Å²) in [5, 5.41) is 27.5. The lowest BCUT2D eigenvalue weighted by Gasteiger charge is -2.32. The molecule has 376 valence electrons. The van der Waals surface area contributed by atoms with Crippen LogP contribution in [-0.2, 0) is 57.3 Å². The number of nitrogens with zero attached hydrogens (tertiary/aromatic N) is 1. The van der Waals surface area contributed by atoms with Crippen molar-refractivity contribution in [3.63, 3.8) is 0 Å². The summed E-state index contributed by atoms with van der Waals surface area (Å²) in [5.41, 5.74) is -22.5. The summed E-state index contributed by atoms with van der Waals surface area (Å²) in [4.78, 5) is 23.1. The van der Waals surface area contributed by atoms with Gasteiger partial charge in [-0.2, -0.15) is 86.4 Å². The zero-order chi connectivity index (χ0) is 50.4. The molecule has 0 spiro atoms. The number of carbonyl (C=O) groups is 2. The van der Waals surface area contributed by atoms with Crippen molar-refractivity contribution in [2.75, 3.05) is 0 Å². The molecule has 0 radical (unpaired) electrons. The van der Waals surface area contributed by atoms with Crippen molar-refractivity contribution >= 4 is 52.3 Å². The first-order valence-electron chi connectivity index (χ1n) is 18.0. The van der Waals surface area contributed by atoms with Crippen LogP contribution >= 0.6 is 0 Å². The number of aliphatic hydroxyl groups excluding tert-OH is 3. The Morgan fingerprint density at radius 3 is 1.20 bits per heavy atom. The molecule has 0 bridgehead atoms. The number of aliphatic hydroxyl groups is 3. The quantitative estimate of drug-likeness (QED) is 0.101. The number of rotatable bonds is 9. The number of alkyl halides is 12. The van der Waals surface area contributed by atoms with Gasteiger partial charge in [0.2, 0.25) is 0 Å². The number of hydrogen-bond acceptors (Lipinski definition) is 17. The second-order valence-corrected chi connectivity index (χ2v) is 19.9. The minimum atomic E-state index is -6.08.